The molecule has 0 bridgehead atoms. The molecule has 0 radical (unpaired) electrons. The van der Waals surface area contributed by atoms with E-state index in [2.05, 4.69) is 73.8 Å². The van der Waals surface area contributed by atoms with Crippen molar-refractivity contribution in [2.45, 2.75) is 38.0 Å². The second-order valence-corrected chi connectivity index (χ2v) is 10.5. The van der Waals surface area contributed by atoms with Crippen LogP contribution in [0.1, 0.15) is 53.2 Å². The van der Waals surface area contributed by atoms with Crippen LogP contribution in [-0.4, -0.2) is 5.91 Å². The maximum absolute atomic E-state index is 13.7. The minimum Gasteiger partial charge on any atom is -0.322 e. The standard InChI is InChI=1S/C33H28FNO/c1-33(2)20-24(27-12-5-6-13-30(27)35-32(36)23-9-7-10-25(34)19-23)18-22-15-16-28-26-11-4-3-8-21(26)14-17-29(28)31(22)33/h3-17,19,24H,18,20H2,1-2H3,(H,35,36). The molecule has 0 saturated carbocycles. The Bertz CT molecular complexity index is 1630. The molecule has 1 aliphatic rings. The minimum atomic E-state index is -0.415. The molecule has 5 aromatic rings. The van der Waals surface area contributed by atoms with Crippen molar-refractivity contribution < 1.29 is 9.18 Å². The van der Waals surface area contributed by atoms with Gasteiger partial charge in [0, 0.05) is 11.3 Å². The van der Waals surface area contributed by atoms with Gasteiger partial charge in [-0.1, -0.05) is 86.6 Å². The molecule has 1 amide bonds. The highest BCUT2D eigenvalue weighted by Gasteiger charge is 2.36. The Morgan fingerprint density at radius 2 is 1.61 bits per heavy atom. The molecule has 1 aliphatic carbocycles. The van der Waals surface area contributed by atoms with Crippen LogP contribution >= 0.6 is 0 Å². The van der Waals surface area contributed by atoms with Crippen LogP contribution in [0.15, 0.2) is 97.1 Å². The summed E-state index contributed by atoms with van der Waals surface area (Å²) in [5.41, 5.74) is 4.99. The quantitative estimate of drug-likeness (QED) is 0.262. The fourth-order valence-electron chi connectivity index (χ4n) is 6.17. The zero-order chi connectivity index (χ0) is 24.9. The number of hydrogen-bond acceptors (Lipinski definition) is 1. The minimum absolute atomic E-state index is 0.0418. The normalized spacial score (nSPS) is 16.6. The van der Waals surface area contributed by atoms with Crippen LogP contribution in [0.4, 0.5) is 10.1 Å². The van der Waals surface area contributed by atoms with Crippen LogP contribution in [0.3, 0.4) is 0 Å². The Hall–Kier alpha value is -3.98. The molecule has 178 valence electrons. The second-order valence-electron chi connectivity index (χ2n) is 10.5. The van der Waals surface area contributed by atoms with Crippen LogP contribution in [0.2, 0.25) is 0 Å². The number of anilines is 1. The van der Waals surface area contributed by atoms with Crippen LogP contribution in [0.5, 0.6) is 0 Å². The first kappa shape index (κ1) is 22.5. The van der Waals surface area contributed by atoms with E-state index in [0.29, 0.717) is 5.56 Å². The van der Waals surface area contributed by atoms with Crippen molar-refractivity contribution in [3.05, 3.63) is 125 Å². The first-order chi connectivity index (χ1) is 17.4. The lowest BCUT2D eigenvalue weighted by molar-refractivity contribution is 0.102. The summed E-state index contributed by atoms with van der Waals surface area (Å²) in [6.45, 7) is 4.67. The highest BCUT2D eigenvalue weighted by molar-refractivity contribution is 6.09. The summed E-state index contributed by atoms with van der Waals surface area (Å²) in [5.74, 6) is -0.453. The second kappa shape index (κ2) is 8.60. The Balaban J connectivity index is 1.39. The van der Waals surface area contributed by atoms with Crippen LogP contribution < -0.4 is 5.32 Å². The SMILES string of the molecule is CC1(C)CC(c2ccccc2NC(=O)c2cccc(F)c2)Cc2ccc3c(ccc4ccccc43)c21. The molecule has 0 aliphatic heterocycles. The van der Waals surface area contributed by atoms with Gasteiger partial charge >= 0.3 is 0 Å². The molecule has 3 heteroatoms. The van der Waals surface area contributed by atoms with Crippen molar-refractivity contribution in [1.29, 1.82) is 0 Å². The van der Waals surface area contributed by atoms with E-state index >= 15 is 0 Å². The Kier molecular flexibility index (Phi) is 5.37. The number of carbonyl (C=O) groups is 1. The molecule has 0 fully saturated rings. The molecule has 0 spiro atoms. The maximum atomic E-state index is 13.7. The van der Waals surface area contributed by atoms with Crippen molar-refractivity contribution in [1.82, 2.24) is 0 Å². The predicted octanol–water partition coefficient (Wildman–Crippen LogP) is 8.39. The van der Waals surface area contributed by atoms with E-state index in [4.69, 9.17) is 0 Å². The zero-order valence-electron chi connectivity index (χ0n) is 20.5. The van der Waals surface area contributed by atoms with E-state index in [1.165, 1.54) is 44.8 Å². The van der Waals surface area contributed by atoms with Gasteiger partial charge in [0.05, 0.1) is 0 Å². The highest BCUT2D eigenvalue weighted by Crippen LogP contribution is 2.48. The van der Waals surface area contributed by atoms with Gasteiger partial charge in [-0.2, -0.15) is 0 Å². The molecule has 1 unspecified atom stereocenters. The molecule has 0 aromatic heterocycles. The van der Waals surface area contributed by atoms with Gasteiger partial charge in [-0.25, -0.2) is 4.39 Å². The summed E-state index contributed by atoms with van der Waals surface area (Å²) >= 11 is 0. The third-order valence-corrected chi connectivity index (χ3v) is 7.65. The Morgan fingerprint density at radius 1 is 0.833 bits per heavy atom. The predicted molar refractivity (Wildman–Crippen MR) is 146 cm³/mol. The molecule has 36 heavy (non-hydrogen) atoms. The summed E-state index contributed by atoms with van der Waals surface area (Å²) in [7, 11) is 0. The maximum Gasteiger partial charge on any atom is 0.255 e. The number of rotatable bonds is 3. The Labute approximate surface area is 210 Å². The van der Waals surface area contributed by atoms with Gasteiger partial charge in [0.2, 0.25) is 0 Å². The number of carbonyl (C=O) groups excluding carboxylic acids is 1. The van der Waals surface area contributed by atoms with Crippen molar-refractivity contribution >= 4 is 33.1 Å². The number of para-hydroxylation sites is 1. The summed E-state index contributed by atoms with van der Waals surface area (Å²) in [4.78, 5) is 12.9. The van der Waals surface area contributed by atoms with E-state index in [-0.39, 0.29) is 17.2 Å². The number of halogens is 1. The van der Waals surface area contributed by atoms with E-state index < -0.39 is 5.82 Å². The van der Waals surface area contributed by atoms with E-state index in [0.717, 1.165) is 24.1 Å². The topological polar surface area (TPSA) is 29.1 Å². The van der Waals surface area contributed by atoms with E-state index in [1.807, 2.05) is 18.2 Å². The summed E-state index contributed by atoms with van der Waals surface area (Å²) < 4.78 is 13.7. The lowest BCUT2D eigenvalue weighted by atomic mass is 9.65. The third-order valence-electron chi connectivity index (χ3n) is 7.65. The van der Waals surface area contributed by atoms with Crippen molar-refractivity contribution in [3.63, 3.8) is 0 Å². The average Bonchev–Trinajstić information content (AvgIpc) is 2.88. The van der Waals surface area contributed by atoms with Crippen LogP contribution in [0, 0.1) is 5.82 Å². The average molecular weight is 474 g/mol. The smallest absolute Gasteiger partial charge is 0.255 e. The molecule has 5 aromatic carbocycles. The monoisotopic (exact) mass is 473 g/mol. The molecular formula is C33H28FNO. The van der Waals surface area contributed by atoms with Gasteiger partial charge in [-0.15, -0.1) is 0 Å². The lowest BCUT2D eigenvalue weighted by Crippen LogP contribution is -2.29. The van der Waals surface area contributed by atoms with E-state index in [9.17, 15) is 9.18 Å². The lowest BCUT2D eigenvalue weighted by Gasteiger charge is -2.39. The van der Waals surface area contributed by atoms with E-state index in [1.54, 1.807) is 12.1 Å². The van der Waals surface area contributed by atoms with Crippen molar-refractivity contribution in [2.75, 3.05) is 5.32 Å². The van der Waals surface area contributed by atoms with Gasteiger partial charge < -0.3 is 5.32 Å². The fourth-order valence-corrected chi connectivity index (χ4v) is 6.17. The summed E-state index contributed by atoms with van der Waals surface area (Å²) in [5, 5.41) is 8.24. The van der Waals surface area contributed by atoms with Gasteiger partial charge in [0.25, 0.3) is 5.91 Å². The number of nitrogens with one attached hydrogen (secondary N) is 1. The molecule has 0 saturated heterocycles. The molecule has 6 rings (SSSR count). The number of amides is 1. The molecule has 1 atom stereocenters. The molecule has 0 heterocycles. The number of benzene rings is 5. The first-order valence-electron chi connectivity index (χ1n) is 12.5. The largest absolute Gasteiger partial charge is 0.322 e. The van der Waals surface area contributed by atoms with Crippen molar-refractivity contribution in [2.24, 2.45) is 0 Å². The Morgan fingerprint density at radius 3 is 2.47 bits per heavy atom. The van der Waals surface area contributed by atoms with Gasteiger partial charge in [0.15, 0.2) is 0 Å². The van der Waals surface area contributed by atoms with Gasteiger partial charge in [-0.3, -0.25) is 4.79 Å². The molecule has 2 nitrogen and oxygen atoms in total. The van der Waals surface area contributed by atoms with Crippen LogP contribution in [0.25, 0.3) is 21.5 Å². The van der Waals surface area contributed by atoms with Crippen LogP contribution in [-0.2, 0) is 11.8 Å². The highest BCUT2D eigenvalue weighted by atomic mass is 19.1. The van der Waals surface area contributed by atoms with Crippen molar-refractivity contribution in [3.8, 4) is 0 Å². The fraction of sp³-hybridized carbons (Fsp3) is 0.182. The van der Waals surface area contributed by atoms with Gasteiger partial charge in [-0.05, 0) is 86.7 Å². The molecule has 1 N–H and O–H groups in total. The zero-order valence-corrected chi connectivity index (χ0v) is 20.5. The van der Waals surface area contributed by atoms with Gasteiger partial charge in [0.1, 0.15) is 5.82 Å². The summed E-state index contributed by atoms with van der Waals surface area (Å²) in [6, 6.07) is 31.5. The number of fused-ring (bicyclic) bond motifs is 5. The molecular weight excluding hydrogens is 445 g/mol. The first-order valence-corrected chi connectivity index (χ1v) is 12.5. The summed E-state index contributed by atoms with van der Waals surface area (Å²) in [6.07, 6.45) is 1.88. The number of hydrogen-bond donors (Lipinski definition) is 1. The third kappa shape index (κ3) is 3.85.